The maximum atomic E-state index is 13.1. The molecular weight excluding hydrogens is 269 g/mol. The summed E-state index contributed by atoms with van der Waals surface area (Å²) in [6.45, 7) is 0.0640. The Kier molecular flexibility index (Phi) is 3.66. The van der Waals surface area contributed by atoms with Gasteiger partial charge >= 0.3 is 6.18 Å². The molecule has 1 aliphatic rings. The molecule has 1 N–H and O–H groups in total. The molecule has 1 aromatic carbocycles. The maximum absolute atomic E-state index is 13.1. The van der Waals surface area contributed by atoms with Crippen molar-refractivity contribution < 1.29 is 26.7 Å². The van der Waals surface area contributed by atoms with E-state index in [2.05, 4.69) is 5.32 Å². The van der Waals surface area contributed by atoms with E-state index >= 15 is 0 Å². The lowest BCUT2D eigenvalue weighted by atomic mass is 9.93. The van der Waals surface area contributed by atoms with Crippen LogP contribution in [0.25, 0.3) is 0 Å². The number of ether oxygens (including phenoxy) is 1. The molecule has 1 fully saturated rings. The second-order valence-electron chi connectivity index (χ2n) is 4.45. The molecule has 106 valence electrons. The Morgan fingerprint density at radius 1 is 1.16 bits per heavy atom. The Balaban J connectivity index is 2.27. The van der Waals surface area contributed by atoms with Crippen LogP contribution < -0.4 is 10.1 Å². The molecule has 0 radical (unpaired) electrons. The number of halogens is 5. The first-order chi connectivity index (χ1) is 8.84. The van der Waals surface area contributed by atoms with Crippen LogP contribution in [0.1, 0.15) is 12.8 Å². The molecular formula is C12H12F5NO. The second kappa shape index (κ2) is 4.96. The molecule has 0 aliphatic carbocycles. The molecule has 2 nitrogen and oxygen atoms in total. The van der Waals surface area contributed by atoms with Crippen LogP contribution in [0, 0.1) is 11.6 Å². The SMILES string of the molecule is Fc1ccc(OC2(C(F)(F)F)CCCNC2)cc1F. The molecule has 0 bridgehead atoms. The van der Waals surface area contributed by atoms with E-state index in [1.807, 2.05) is 0 Å². The van der Waals surface area contributed by atoms with Crippen LogP contribution >= 0.6 is 0 Å². The largest absolute Gasteiger partial charge is 0.476 e. The van der Waals surface area contributed by atoms with Gasteiger partial charge in [0.2, 0.25) is 5.60 Å². The van der Waals surface area contributed by atoms with Gasteiger partial charge in [0.1, 0.15) is 5.75 Å². The number of benzene rings is 1. The van der Waals surface area contributed by atoms with Crippen molar-refractivity contribution in [3.05, 3.63) is 29.8 Å². The topological polar surface area (TPSA) is 21.3 Å². The van der Waals surface area contributed by atoms with Crippen LogP contribution in [0.4, 0.5) is 22.0 Å². The van der Waals surface area contributed by atoms with Crippen LogP contribution in [0.2, 0.25) is 0 Å². The monoisotopic (exact) mass is 281 g/mol. The van der Waals surface area contributed by atoms with Crippen molar-refractivity contribution in [2.75, 3.05) is 13.1 Å². The molecule has 1 aromatic rings. The van der Waals surface area contributed by atoms with Gasteiger partial charge in [-0.2, -0.15) is 13.2 Å². The normalized spacial score (nSPS) is 24.3. The van der Waals surface area contributed by atoms with Crippen molar-refractivity contribution >= 4 is 0 Å². The van der Waals surface area contributed by atoms with Crippen molar-refractivity contribution in [3.8, 4) is 5.75 Å². The highest BCUT2D eigenvalue weighted by Gasteiger charge is 2.57. The van der Waals surface area contributed by atoms with Crippen LogP contribution in [0.3, 0.4) is 0 Å². The Bertz CT molecular complexity index is 454. The summed E-state index contributed by atoms with van der Waals surface area (Å²) >= 11 is 0. The molecule has 1 heterocycles. The quantitative estimate of drug-likeness (QED) is 0.841. The highest BCUT2D eigenvalue weighted by Crippen LogP contribution is 2.39. The van der Waals surface area contributed by atoms with E-state index < -0.39 is 30.0 Å². The standard InChI is InChI=1S/C12H12F5NO/c13-9-3-2-8(6-10(9)14)19-11(12(15,16)17)4-1-5-18-7-11/h2-3,6,18H,1,4-5,7H2. The predicted molar refractivity (Wildman–Crippen MR) is 57.9 cm³/mol. The number of hydrogen-bond donors (Lipinski definition) is 1. The van der Waals surface area contributed by atoms with Gasteiger partial charge in [-0.1, -0.05) is 0 Å². The van der Waals surface area contributed by atoms with Crippen molar-refractivity contribution in [1.82, 2.24) is 5.32 Å². The zero-order valence-electron chi connectivity index (χ0n) is 9.86. The van der Waals surface area contributed by atoms with Gasteiger partial charge in [0, 0.05) is 12.6 Å². The van der Waals surface area contributed by atoms with E-state index in [0.29, 0.717) is 19.0 Å². The van der Waals surface area contributed by atoms with E-state index in [4.69, 9.17) is 4.74 Å². The van der Waals surface area contributed by atoms with E-state index in [9.17, 15) is 22.0 Å². The minimum absolute atomic E-state index is 0.220. The predicted octanol–water partition coefficient (Wildman–Crippen LogP) is 3.03. The Morgan fingerprint density at radius 2 is 1.89 bits per heavy atom. The van der Waals surface area contributed by atoms with E-state index in [0.717, 1.165) is 12.1 Å². The van der Waals surface area contributed by atoms with Gasteiger partial charge < -0.3 is 10.1 Å². The first kappa shape index (κ1) is 14.0. The number of piperidine rings is 1. The Hall–Kier alpha value is -1.37. The summed E-state index contributed by atoms with van der Waals surface area (Å²) in [5.41, 5.74) is -2.39. The van der Waals surface area contributed by atoms with E-state index in [-0.39, 0.29) is 12.2 Å². The molecule has 0 saturated carbocycles. The Morgan fingerprint density at radius 3 is 2.42 bits per heavy atom. The maximum Gasteiger partial charge on any atom is 0.429 e. The molecule has 0 aromatic heterocycles. The van der Waals surface area contributed by atoms with Crippen LogP contribution in [0.5, 0.6) is 5.75 Å². The Labute approximate surface area is 106 Å². The summed E-state index contributed by atoms with van der Waals surface area (Å²) in [5, 5.41) is 2.62. The highest BCUT2D eigenvalue weighted by atomic mass is 19.4. The highest BCUT2D eigenvalue weighted by molar-refractivity contribution is 5.25. The van der Waals surface area contributed by atoms with Crippen molar-refractivity contribution in [2.24, 2.45) is 0 Å². The lowest BCUT2D eigenvalue weighted by Crippen LogP contribution is -2.59. The average Bonchev–Trinajstić information content (AvgIpc) is 2.34. The van der Waals surface area contributed by atoms with Gasteiger partial charge in [0.15, 0.2) is 11.6 Å². The van der Waals surface area contributed by atoms with Gasteiger partial charge in [0.25, 0.3) is 0 Å². The minimum atomic E-state index is -4.59. The van der Waals surface area contributed by atoms with Crippen molar-refractivity contribution in [1.29, 1.82) is 0 Å². The van der Waals surface area contributed by atoms with Crippen molar-refractivity contribution in [3.63, 3.8) is 0 Å². The summed E-state index contributed by atoms with van der Waals surface area (Å²) in [4.78, 5) is 0. The van der Waals surface area contributed by atoms with Crippen LogP contribution in [0.15, 0.2) is 18.2 Å². The fraction of sp³-hybridized carbons (Fsp3) is 0.500. The summed E-state index contributed by atoms with van der Waals surface area (Å²) in [7, 11) is 0. The smallest absolute Gasteiger partial charge is 0.429 e. The third kappa shape index (κ3) is 2.80. The molecule has 1 aliphatic heterocycles. The van der Waals surface area contributed by atoms with Gasteiger partial charge in [-0.3, -0.25) is 0 Å². The third-order valence-electron chi connectivity index (χ3n) is 3.07. The lowest BCUT2D eigenvalue weighted by molar-refractivity contribution is -0.252. The number of rotatable bonds is 2. The number of hydrogen-bond acceptors (Lipinski definition) is 2. The second-order valence-corrected chi connectivity index (χ2v) is 4.45. The summed E-state index contributed by atoms with van der Waals surface area (Å²) < 4.78 is 70.1. The molecule has 1 unspecified atom stereocenters. The molecule has 2 rings (SSSR count). The lowest BCUT2D eigenvalue weighted by Gasteiger charge is -2.39. The van der Waals surface area contributed by atoms with Crippen LogP contribution in [-0.2, 0) is 0 Å². The summed E-state index contributed by atoms with van der Waals surface area (Å²) in [6.07, 6.45) is -4.52. The zero-order valence-corrected chi connectivity index (χ0v) is 9.86. The molecule has 1 saturated heterocycles. The fourth-order valence-electron chi connectivity index (χ4n) is 2.03. The molecule has 0 spiro atoms. The molecule has 7 heteroatoms. The molecule has 0 amide bonds. The van der Waals surface area contributed by atoms with Crippen LogP contribution in [-0.4, -0.2) is 24.9 Å². The van der Waals surface area contributed by atoms with Gasteiger partial charge in [-0.25, -0.2) is 8.78 Å². The van der Waals surface area contributed by atoms with Gasteiger partial charge in [-0.15, -0.1) is 0 Å². The first-order valence-electron chi connectivity index (χ1n) is 5.76. The molecule has 19 heavy (non-hydrogen) atoms. The fourth-order valence-corrected chi connectivity index (χ4v) is 2.03. The average molecular weight is 281 g/mol. The number of nitrogens with one attached hydrogen (secondary N) is 1. The summed E-state index contributed by atoms with van der Waals surface area (Å²) in [6, 6.07) is 2.35. The first-order valence-corrected chi connectivity index (χ1v) is 5.76. The van der Waals surface area contributed by atoms with E-state index in [1.54, 1.807) is 0 Å². The van der Waals surface area contributed by atoms with Gasteiger partial charge in [-0.05, 0) is 31.5 Å². The number of alkyl halides is 3. The van der Waals surface area contributed by atoms with Gasteiger partial charge in [0.05, 0.1) is 0 Å². The molecule has 1 atom stereocenters. The summed E-state index contributed by atoms with van der Waals surface area (Å²) in [5.74, 6) is -2.70. The zero-order chi connectivity index (χ0) is 14.1. The van der Waals surface area contributed by atoms with Crippen molar-refractivity contribution in [2.45, 2.75) is 24.6 Å². The minimum Gasteiger partial charge on any atom is -0.476 e. The third-order valence-corrected chi connectivity index (χ3v) is 3.07. The van der Waals surface area contributed by atoms with E-state index in [1.165, 1.54) is 0 Å².